The molecule has 1 heterocycles. The summed E-state index contributed by atoms with van der Waals surface area (Å²) in [5, 5.41) is 8.65. The summed E-state index contributed by atoms with van der Waals surface area (Å²) < 4.78 is 0. The van der Waals surface area contributed by atoms with Gasteiger partial charge in [-0.3, -0.25) is 4.90 Å². The van der Waals surface area contributed by atoms with Gasteiger partial charge in [0.25, 0.3) is 0 Å². The van der Waals surface area contributed by atoms with Crippen LogP contribution in [0.3, 0.4) is 0 Å². The first-order valence-corrected chi connectivity index (χ1v) is 9.65. The van der Waals surface area contributed by atoms with Gasteiger partial charge in [-0.25, -0.2) is 4.99 Å². The first-order valence-electron chi connectivity index (χ1n) is 9.65. The van der Waals surface area contributed by atoms with Gasteiger partial charge in [0.15, 0.2) is 0 Å². The van der Waals surface area contributed by atoms with Crippen LogP contribution in [0.2, 0.25) is 0 Å². The maximum Gasteiger partial charge on any atom is 0.220 e. The normalized spacial score (nSPS) is 19.0. The van der Waals surface area contributed by atoms with Crippen LogP contribution in [0.5, 0.6) is 0 Å². The van der Waals surface area contributed by atoms with Crippen LogP contribution < -0.4 is 16.4 Å². The summed E-state index contributed by atoms with van der Waals surface area (Å²) >= 11 is 0. The molecule has 7 nitrogen and oxygen atoms in total. The number of azo groups is 1. The van der Waals surface area contributed by atoms with Crippen molar-refractivity contribution in [2.75, 3.05) is 4.90 Å². The van der Waals surface area contributed by atoms with Crippen LogP contribution in [0.15, 0.2) is 68.7 Å². The second-order valence-electron chi connectivity index (χ2n) is 7.32. The maximum absolute atomic E-state index is 6.32. The third-order valence-electron chi connectivity index (χ3n) is 5.31. The minimum atomic E-state index is -0.438. The lowest BCUT2D eigenvalue weighted by atomic mass is 9.87. The molecule has 4 rings (SSSR count). The highest BCUT2D eigenvalue weighted by atomic mass is 15.4. The van der Waals surface area contributed by atoms with Crippen LogP contribution in [-0.4, -0.2) is 17.6 Å². The smallest absolute Gasteiger partial charge is 0.220 e. The molecule has 7 heteroatoms. The first kappa shape index (κ1) is 18.2. The standard InChI is InChI=1S/C21H25N7/c1-15-14-17(27-26-16-8-4-2-5-9-16)10-11-18(15)28-20(23)24-19(22)25-21(28)12-6-3-7-13-21/h2,4-5,8-11,14H,3,6-7,12-13H2,1H3,(H4,22,23,24,25). The molecule has 2 aromatic rings. The van der Waals surface area contributed by atoms with Gasteiger partial charge in [0.1, 0.15) is 5.66 Å². The lowest BCUT2D eigenvalue weighted by Crippen LogP contribution is -2.58. The zero-order valence-corrected chi connectivity index (χ0v) is 16.0. The van der Waals surface area contributed by atoms with Gasteiger partial charge in [0.05, 0.1) is 11.4 Å². The molecule has 28 heavy (non-hydrogen) atoms. The van der Waals surface area contributed by atoms with E-state index in [1.54, 1.807) is 0 Å². The second-order valence-corrected chi connectivity index (χ2v) is 7.32. The summed E-state index contributed by atoms with van der Waals surface area (Å²) in [6, 6.07) is 15.7. The van der Waals surface area contributed by atoms with E-state index in [1.165, 1.54) is 6.42 Å². The Balaban J connectivity index is 1.66. The van der Waals surface area contributed by atoms with Gasteiger partial charge < -0.3 is 11.5 Å². The predicted octanol–water partition coefficient (Wildman–Crippen LogP) is 4.52. The largest absolute Gasteiger partial charge is 0.369 e. The van der Waals surface area contributed by atoms with Crippen LogP contribution in [0, 0.1) is 6.92 Å². The number of benzene rings is 2. The van der Waals surface area contributed by atoms with Crippen molar-refractivity contribution >= 4 is 29.0 Å². The summed E-state index contributed by atoms with van der Waals surface area (Å²) in [5.41, 5.74) is 15.5. The van der Waals surface area contributed by atoms with Gasteiger partial charge in [-0.05, 0) is 68.5 Å². The van der Waals surface area contributed by atoms with Crippen molar-refractivity contribution in [2.24, 2.45) is 31.7 Å². The van der Waals surface area contributed by atoms with Gasteiger partial charge in [0, 0.05) is 5.69 Å². The highest BCUT2D eigenvalue weighted by molar-refractivity contribution is 6.06. The molecule has 0 atom stereocenters. The predicted molar refractivity (Wildman–Crippen MR) is 113 cm³/mol. The Bertz CT molecular complexity index is 940. The summed E-state index contributed by atoms with van der Waals surface area (Å²) in [6.45, 7) is 2.04. The molecule has 2 aliphatic rings. The zero-order chi connectivity index (χ0) is 19.6. The van der Waals surface area contributed by atoms with Crippen molar-refractivity contribution in [3.05, 3.63) is 54.1 Å². The summed E-state index contributed by atoms with van der Waals surface area (Å²) in [7, 11) is 0. The molecule has 0 aromatic heterocycles. The molecule has 4 N–H and O–H groups in total. The highest BCUT2D eigenvalue weighted by Gasteiger charge is 2.42. The third-order valence-corrected chi connectivity index (χ3v) is 5.31. The average Bonchev–Trinajstić information content (AvgIpc) is 2.68. The maximum atomic E-state index is 6.32. The minimum absolute atomic E-state index is 0.265. The molecule has 1 fully saturated rings. The van der Waals surface area contributed by atoms with Gasteiger partial charge in [-0.1, -0.05) is 24.6 Å². The van der Waals surface area contributed by atoms with Crippen molar-refractivity contribution in [3.8, 4) is 0 Å². The monoisotopic (exact) mass is 375 g/mol. The van der Waals surface area contributed by atoms with Crippen LogP contribution in [0.1, 0.15) is 37.7 Å². The summed E-state index contributed by atoms with van der Waals surface area (Å²) in [4.78, 5) is 11.0. The van der Waals surface area contributed by atoms with E-state index in [0.29, 0.717) is 5.96 Å². The number of hydrogen-bond donors (Lipinski definition) is 2. The Hall–Kier alpha value is -3.22. The van der Waals surface area contributed by atoms with E-state index in [2.05, 4.69) is 20.1 Å². The molecular formula is C21H25N7. The van der Waals surface area contributed by atoms with Gasteiger partial charge in [-0.2, -0.15) is 15.2 Å². The molecular weight excluding hydrogens is 350 g/mol. The quantitative estimate of drug-likeness (QED) is 0.770. The third kappa shape index (κ3) is 3.47. The molecule has 1 aliphatic heterocycles. The van der Waals surface area contributed by atoms with Crippen molar-refractivity contribution in [2.45, 2.75) is 44.7 Å². The lowest BCUT2D eigenvalue weighted by Gasteiger charge is -2.46. The van der Waals surface area contributed by atoms with Gasteiger partial charge >= 0.3 is 0 Å². The minimum Gasteiger partial charge on any atom is -0.369 e. The molecule has 1 spiro atoms. The fourth-order valence-electron chi connectivity index (χ4n) is 4.03. The van der Waals surface area contributed by atoms with E-state index in [9.17, 15) is 0 Å². The van der Waals surface area contributed by atoms with E-state index in [0.717, 1.165) is 48.3 Å². The summed E-state index contributed by atoms with van der Waals surface area (Å²) in [5.74, 6) is 0.665. The van der Waals surface area contributed by atoms with Gasteiger partial charge in [-0.15, -0.1) is 0 Å². The van der Waals surface area contributed by atoms with E-state index in [4.69, 9.17) is 16.5 Å². The Morgan fingerprint density at radius 3 is 2.36 bits per heavy atom. The van der Waals surface area contributed by atoms with E-state index >= 15 is 0 Å². The molecule has 2 aromatic carbocycles. The number of aryl methyl sites for hydroxylation is 1. The molecule has 0 amide bonds. The lowest BCUT2D eigenvalue weighted by molar-refractivity contribution is 0.305. The molecule has 144 valence electrons. The molecule has 1 saturated carbocycles. The average molecular weight is 375 g/mol. The number of rotatable bonds is 3. The Morgan fingerprint density at radius 1 is 0.929 bits per heavy atom. The number of nitrogens with zero attached hydrogens (tertiary/aromatic N) is 5. The van der Waals surface area contributed by atoms with Crippen molar-refractivity contribution in [1.29, 1.82) is 0 Å². The van der Waals surface area contributed by atoms with Gasteiger partial charge in [0.2, 0.25) is 11.9 Å². The number of anilines is 1. The van der Waals surface area contributed by atoms with Crippen molar-refractivity contribution in [3.63, 3.8) is 0 Å². The van der Waals surface area contributed by atoms with E-state index < -0.39 is 5.66 Å². The highest BCUT2D eigenvalue weighted by Crippen LogP contribution is 2.41. The van der Waals surface area contributed by atoms with Crippen LogP contribution in [0.4, 0.5) is 17.1 Å². The number of nitrogens with two attached hydrogens (primary N) is 2. The topological polar surface area (TPSA) is 105 Å². The molecule has 0 unspecified atom stereocenters. The number of guanidine groups is 2. The molecule has 0 radical (unpaired) electrons. The molecule has 0 saturated heterocycles. The van der Waals surface area contributed by atoms with Crippen molar-refractivity contribution < 1.29 is 0 Å². The Kier molecular flexibility index (Phi) is 4.81. The molecule has 0 bridgehead atoms. The first-order chi connectivity index (χ1) is 13.6. The van der Waals surface area contributed by atoms with E-state index in [1.807, 2.05) is 55.5 Å². The SMILES string of the molecule is Cc1cc(N=Nc2ccccc2)ccc1N1C(N)=NC(N)=NC12CCCCC2. The van der Waals surface area contributed by atoms with Crippen molar-refractivity contribution in [1.82, 2.24) is 0 Å². The zero-order valence-electron chi connectivity index (χ0n) is 16.0. The van der Waals surface area contributed by atoms with Crippen LogP contribution in [0.25, 0.3) is 0 Å². The molecule has 1 aliphatic carbocycles. The van der Waals surface area contributed by atoms with E-state index in [-0.39, 0.29) is 5.96 Å². The fraction of sp³-hybridized carbons (Fsp3) is 0.333. The fourth-order valence-corrected chi connectivity index (χ4v) is 4.03. The second kappa shape index (κ2) is 7.42. The number of aliphatic imine (C=N–C) groups is 2. The Labute approximate surface area is 164 Å². The number of hydrogen-bond acceptors (Lipinski definition) is 7. The Morgan fingerprint density at radius 2 is 1.64 bits per heavy atom. The summed E-state index contributed by atoms with van der Waals surface area (Å²) in [6.07, 6.45) is 5.24. The van der Waals surface area contributed by atoms with Crippen LogP contribution >= 0.6 is 0 Å². The van der Waals surface area contributed by atoms with Crippen LogP contribution in [-0.2, 0) is 0 Å².